The molecule has 0 saturated heterocycles. The molecule has 6 nitrogen and oxygen atoms in total. The van der Waals surface area contributed by atoms with Gasteiger partial charge in [0.15, 0.2) is 5.82 Å². The quantitative estimate of drug-likeness (QED) is 0.674. The topological polar surface area (TPSA) is 59.7 Å². The van der Waals surface area contributed by atoms with Gasteiger partial charge in [-0.05, 0) is 31.0 Å². The van der Waals surface area contributed by atoms with Crippen LogP contribution in [-0.2, 0) is 19.5 Å². The Morgan fingerprint density at radius 2 is 2.14 bits per heavy atom. The molecule has 0 atom stereocenters. The van der Waals surface area contributed by atoms with Crippen molar-refractivity contribution in [2.45, 2.75) is 33.4 Å². The molecule has 0 radical (unpaired) electrons. The monoisotopic (exact) mass is 334 g/mol. The third-order valence-corrected chi connectivity index (χ3v) is 5.32. The van der Waals surface area contributed by atoms with Gasteiger partial charge in [0.1, 0.15) is 16.5 Å². The molecule has 4 rings (SSSR count). The van der Waals surface area contributed by atoms with E-state index < -0.39 is 0 Å². The van der Waals surface area contributed by atoms with Crippen molar-refractivity contribution in [3.63, 3.8) is 0 Å². The Bertz CT molecular complexity index is 855. The predicted molar refractivity (Wildman–Crippen MR) is 87.6 cm³/mol. The summed E-state index contributed by atoms with van der Waals surface area (Å²) in [5, 5.41) is 9.79. The van der Waals surface area contributed by atoms with Crippen LogP contribution in [0.2, 0.25) is 5.28 Å². The van der Waals surface area contributed by atoms with E-state index in [2.05, 4.69) is 42.6 Å². The standard InChI is InChI=1S/C14H15ClN6S/c1-3-9-6-10-12(16-14(15)17-13(10)22-9)20-4-5-21-8(2)18-19-11(21)7-20/h6H,3-5,7H2,1-2H3. The summed E-state index contributed by atoms with van der Waals surface area (Å²) < 4.78 is 2.15. The molecule has 3 aromatic rings. The lowest BCUT2D eigenvalue weighted by Crippen LogP contribution is -2.34. The van der Waals surface area contributed by atoms with E-state index in [4.69, 9.17) is 11.6 Å². The van der Waals surface area contributed by atoms with E-state index in [0.29, 0.717) is 11.8 Å². The van der Waals surface area contributed by atoms with Crippen LogP contribution in [0.15, 0.2) is 6.07 Å². The number of halogens is 1. The summed E-state index contributed by atoms with van der Waals surface area (Å²) in [6.45, 7) is 6.55. The van der Waals surface area contributed by atoms with Crippen LogP contribution in [0.4, 0.5) is 5.82 Å². The second-order valence-electron chi connectivity index (χ2n) is 5.34. The molecule has 0 amide bonds. The van der Waals surface area contributed by atoms with Crippen molar-refractivity contribution in [3.8, 4) is 0 Å². The summed E-state index contributed by atoms with van der Waals surface area (Å²) in [6.07, 6.45) is 0.992. The first kappa shape index (κ1) is 13.9. The Hall–Kier alpha value is -1.73. The number of nitrogens with zero attached hydrogens (tertiary/aromatic N) is 6. The average Bonchev–Trinajstić information content (AvgIpc) is 3.09. The van der Waals surface area contributed by atoms with E-state index in [-0.39, 0.29) is 0 Å². The van der Waals surface area contributed by atoms with Gasteiger partial charge < -0.3 is 9.47 Å². The minimum absolute atomic E-state index is 0.301. The van der Waals surface area contributed by atoms with Crippen molar-refractivity contribution in [2.24, 2.45) is 0 Å². The summed E-state index contributed by atoms with van der Waals surface area (Å²) in [7, 11) is 0. The Morgan fingerprint density at radius 3 is 2.95 bits per heavy atom. The number of rotatable bonds is 2. The highest BCUT2D eigenvalue weighted by molar-refractivity contribution is 7.18. The lowest BCUT2D eigenvalue weighted by atomic mass is 10.2. The lowest BCUT2D eigenvalue weighted by molar-refractivity contribution is 0.548. The molecule has 3 aromatic heterocycles. The van der Waals surface area contributed by atoms with E-state index in [1.54, 1.807) is 11.3 Å². The first-order valence-corrected chi connectivity index (χ1v) is 8.44. The van der Waals surface area contributed by atoms with Gasteiger partial charge in [0.25, 0.3) is 0 Å². The second kappa shape index (κ2) is 5.17. The number of fused-ring (bicyclic) bond motifs is 2. The molecule has 8 heteroatoms. The van der Waals surface area contributed by atoms with Gasteiger partial charge in [-0.3, -0.25) is 0 Å². The molecular weight excluding hydrogens is 320 g/mol. The van der Waals surface area contributed by atoms with Crippen molar-refractivity contribution < 1.29 is 0 Å². The Kier molecular flexibility index (Phi) is 3.27. The second-order valence-corrected chi connectivity index (χ2v) is 6.79. The van der Waals surface area contributed by atoms with Crippen LogP contribution in [0.25, 0.3) is 10.2 Å². The number of anilines is 1. The van der Waals surface area contributed by atoms with E-state index >= 15 is 0 Å². The average molecular weight is 335 g/mol. The highest BCUT2D eigenvalue weighted by atomic mass is 35.5. The molecule has 0 fully saturated rings. The third-order valence-electron chi connectivity index (χ3n) is 3.98. The van der Waals surface area contributed by atoms with Gasteiger partial charge in [-0.25, -0.2) is 4.98 Å². The highest BCUT2D eigenvalue weighted by Gasteiger charge is 2.23. The molecule has 0 spiro atoms. The number of thiophene rings is 1. The van der Waals surface area contributed by atoms with E-state index in [1.165, 1.54) is 4.88 Å². The van der Waals surface area contributed by atoms with Gasteiger partial charge in [0, 0.05) is 18.0 Å². The Labute approximate surface area is 136 Å². The van der Waals surface area contributed by atoms with Crippen LogP contribution in [0.1, 0.15) is 23.4 Å². The molecule has 4 heterocycles. The van der Waals surface area contributed by atoms with Crippen LogP contribution in [0.3, 0.4) is 0 Å². The molecule has 1 aliphatic rings. The molecule has 114 valence electrons. The molecule has 0 aromatic carbocycles. The summed E-state index contributed by atoms with van der Waals surface area (Å²) in [4.78, 5) is 13.3. The number of aromatic nitrogens is 5. The van der Waals surface area contributed by atoms with Crippen molar-refractivity contribution in [3.05, 3.63) is 27.9 Å². The van der Waals surface area contributed by atoms with Crippen molar-refractivity contribution in [2.75, 3.05) is 11.4 Å². The van der Waals surface area contributed by atoms with Crippen molar-refractivity contribution >= 4 is 39.0 Å². The molecule has 1 aliphatic heterocycles. The molecule has 22 heavy (non-hydrogen) atoms. The van der Waals surface area contributed by atoms with Crippen LogP contribution < -0.4 is 4.90 Å². The van der Waals surface area contributed by atoms with Crippen LogP contribution >= 0.6 is 22.9 Å². The summed E-state index contributed by atoms with van der Waals surface area (Å²) in [6, 6.07) is 2.18. The fraction of sp³-hybridized carbons (Fsp3) is 0.429. The van der Waals surface area contributed by atoms with Gasteiger partial charge in [-0.15, -0.1) is 21.5 Å². The Balaban J connectivity index is 1.79. The Morgan fingerprint density at radius 1 is 1.27 bits per heavy atom. The zero-order valence-corrected chi connectivity index (χ0v) is 13.9. The van der Waals surface area contributed by atoms with E-state index in [0.717, 1.165) is 47.2 Å². The van der Waals surface area contributed by atoms with Gasteiger partial charge in [-0.1, -0.05) is 6.92 Å². The van der Waals surface area contributed by atoms with Crippen LogP contribution in [0.5, 0.6) is 0 Å². The molecule has 0 aliphatic carbocycles. The largest absolute Gasteiger partial charge is 0.347 e. The molecule has 0 unspecified atom stereocenters. The zero-order valence-electron chi connectivity index (χ0n) is 12.4. The molecular formula is C14H15ClN6S. The van der Waals surface area contributed by atoms with Crippen molar-refractivity contribution in [1.82, 2.24) is 24.7 Å². The maximum absolute atomic E-state index is 6.12. The first-order valence-electron chi connectivity index (χ1n) is 7.25. The summed E-state index contributed by atoms with van der Waals surface area (Å²) >= 11 is 7.81. The lowest BCUT2D eigenvalue weighted by Gasteiger charge is -2.28. The summed E-state index contributed by atoms with van der Waals surface area (Å²) in [5.74, 6) is 2.83. The summed E-state index contributed by atoms with van der Waals surface area (Å²) in [5.41, 5.74) is 0. The maximum atomic E-state index is 6.12. The molecule has 0 saturated carbocycles. The zero-order chi connectivity index (χ0) is 15.3. The fourth-order valence-corrected chi connectivity index (χ4v) is 4.01. The van der Waals surface area contributed by atoms with E-state index in [9.17, 15) is 0 Å². The third kappa shape index (κ3) is 2.16. The van der Waals surface area contributed by atoms with Gasteiger partial charge in [-0.2, -0.15) is 4.98 Å². The minimum atomic E-state index is 0.301. The number of hydrogen-bond acceptors (Lipinski definition) is 6. The first-order chi connectivity index (χ1) is 10.7. The van der Waals surface area contributed by atoms with Crippen LogP contribution in [0, 0.1) is 6.92 Å². The minimum Gasteiger partial charge on any atom is -0.347 e. The predicted octanol–water partition coefficient (Wildman–Crippen LogP) is 2.83. The normalized spacial score (nSPS) is 14.6. The number of aryl methyl sites for hydroxylation is 2. The van der Waals surface area contributed by atoms with Crippen LogP contribution in [-0.4, -0.2) is 31.3 Å². The maximum Gasteiger partial charge on any atom is 0.225 e. The van der Waals surface area contributed by atoms with E-state index in [1.807, 2.05) is 6.92 Å². The van der Waals surface area contributed by atoms with Gasteiger partial charge in [0.2, 0.25) is 5.28 Å². The molecule has 0 N–H and O–H groups in total. The highest BCUT2D eigenvalue weighted by Crippen LogP contribution is 2.33. The van der Waals surface area contributed by atoms with Gasteiger partial charge >= 0.3 is 0 Å². The smallest absolute Gasteiger partial charge is 0.225 e. The SMILES string of the molecule is CCc1cc2c(N3CCn4c(C)nnc4C3)nc(Cl)nc2s1. The molecule has 0 bridgehead atoms. The number of hydrogen-bond donors (Lipinski definition) is 0. The fourth-order valence-electron chi connectivity index (χ4n) is 2.83. The van der Waals surface area contributed by atoms with Gasteiger partial charge in [0.05, 0.1) is 11.9 Å². The van der Waals surface area contributed by atoms with Crippen molar-refractivity contribution in [1.29, 1.82) is 0 Å².